The van der Waals surface area contributed by atoms with E-state index >= 15 is 0 Å². The number of carbonyl (C=O) groups excluding carboxylic acids is 1. The van der Waals surface area contributed by atoms with Gasteiger partial charge in [0, 0.05) is 37.5 Å². The molecule has 1 N–H and O–H groups in total. The van der Waals surface area contributed by atoms with Gasteiger partial charge >= 0.3 is 0 Å². The lowest BCUT2D eigenvalue weighted by Crippen LogP contribution is -2.44. The van der Waals surface area contributed by atoms with E-state index in [1.165, 1.54) is 4.88 Å². The van der Waals surface area contributed by atoms with Gasteiger partial charge in [0.05, 0.1) is 0 Å². The summed E-state index contributed by atoms with van der Waals surface area (Å²) < 4.78 is 0. The third-order valence-corrected chi connectivity index (χ3v) is 4.26. The third-order valence-electron chi connectivity index (χ3n) is 3.32. The highest BCUT2D eigenvalue weighted by atomic mass is 32.1. The van der Waals surface area contributed by atoms with Gasteiger partial charge in [-0.05, 0) is 30.7 Å². The molecule has 0 spiro atoms. The van der Waals surface area contributed by atoms with Gasteiger partial charge in [0.2, 0.25) is 5.91 Å². The van der Waals surface area contributed by atoms with Crippen LogP contribution in [0.3, 0.4) is 0 Å². The van der Waals surface area contributed by atoms with Crippen LogP contribution < -0.4 is 5.32 Å². The molecule has 0 atom stereocenters. The number of nitrogens with one attached hydrogen (secondary N) is 1. The minimum atomic E-state index is 0.210. The second-order valence-electron chi connectivity index (χ2n) is 4.56. The van der Waals surface area contributed by atoms with E-state index in [4.69, 9.17) is 0 Å². The first kappa shape index (κ1) is 12.6. The molecule has 1 saturated heterocycles. The van der Waals surface area contributed by atoms with Crippen LogP contribution in [0.25, 0.3) is 0 Å². The van der Waals surface area contributed by atoms with Crippen LogP contribution in [0, 0.1) is 0 Å². The molecule has 94 valence electrons. The number of piperidine rings is 1. The standard InChI is InChI=1S/C13H20N2OS/c1-11(16)15-8-5-12(6-9-15)14-7-4-13-3-2-10-17-13/h2-3,10,12,14H,4-9H2,1H3. The second kappa shape index (κ2) is 6.17. The molecule has 4 heteroatoms. The Morgan fingerprint density at radius 1 is 1.53 bits per heavy atom. The molecule has 1 amide bonds. The number of thiophene rings is 1. The van der Waals surface area contributed by atoms with Crippen LogP contribution in [-0.2, 0) is 11.2 Å². The number of nitrogens with zero attached hydrogens (tertiary/aromatic N) is 1. The fourth-order valence-corrected chi connectivity index (χ4v) is 2.96. The van der Waals surface area contributed by atoms with E-state index in [-0.39, 0.29) is 5.91 Å². The number of amides is 1. The molecule has 1 aromatic heterocycles. The highest BCUT2D eigenvalue weighted by Gasteiger charge is 2.19. The molecule has 0 radical (unpaired) electrons. The Morgan fingerprint density at radius 3 is 2.88 bits per heavy atom. The van der Waals surface area contributed by atoms with Crippen LogP contribution >= 0.6 is 11.3 Å². The minimum absolute atomic E-state index is 0.210. The monoisotopic (exact) mass is 252 g/mol. The SMILES string of the molecule is CC(=O)N1CCC(NCCc2cccs2)CC1. The highest BCUT2D eigenvalue weighted by molar-refractivity contribution is 7.09. The van der Waals surface area contributed by atoms with Gasteiger partial charge in [-0.15, -0.1) is 11.3 Å². The second-order valence-corrected chi connectivity index (χ2v) is 5.60. The van der Waals surface area contributed by atoms with Crippen LogP contribution in [0.5, 0.6) is 0 Å². The molecular weight excluding hydrogens is 232 g/mol. The summed E-state index contributed by atoms with van der Waals surface area (Å²) in [4.78, 5) is 14.6. The maximum atomic E-state index is 11.2. The van der Waals surface area contributed by atoms with Crippen molar-refractivity contribution in [3.05, 3.63) is 22.4 Å². The number of carbonyl (C=O) groups is 1. The van der Waals surface area contributed by atoms with Crippen LogP contribution in [0.2, 0.25) is 0 Å². The number of rotatable bonds is 4. The van der Waals surface area contributed by atoms with Crippen molar-refractivity contribution in [3.63, 3.8) is 0 Å². The molecule has 0 saturated carbocycles. The fraction of sp³-hybridized carbons (Fsp3) is 0.615. The molecular formula is C13H20N2OS. The number of hydrogen-bond donors (Lipinski definition) is 1. The first-order chi connectivity index (χ1) is 8.25. The normalized spacial score (nSPS) is 17.4. The van der Waals surface area contributed by atoms with Crippen molar-refractivity contribution in [1.29, 1.82) is 0 Å². The Hall–Kier alpha value is -0.870. The summed E-state index contributed by atoms with van der Waals surface area (Å²) in [5.41, 5.74) is 0. The summed E-state index contributed by atoms with van der Waals surface area (Å²) in [7, 11) is 0. The summed E-state index contributed by atoms with van der Waals surface area (Å²) in [6.07, 6.45) is 3.29. The number of likely N-dealkylation sites (tertiary alicyclic amines) is 1. The molecule has 17 heavy (non-hydrogen) atoms. The van der Waals surface area contributed by atoms with E-state index in [0.717, 1.165) is 38.9 Å². The van der Waals surface area contributed by atoms with Crippen molar-refractivity contribution < 1.29 is 4.79 Å². The van der Waals surface area contributed by atoms with Gasteiger partial charge in [0.25, 0.3) is 0 Å². The lowest BCUT2D eigenvalue weighted by molar-refractivity contribution is -0.129. The van der Waals surface area contributed by atoms with Crippen molar-refractivity contribution in [3.8, 4) is 0 Å². The van der Waals surface area contributed by atoms with Crippen molar-refractivity contribution in [1.82, 2.24) is 10.2 Å². The molecule has 3 nitrogen and oxygen atoms in total. The Labute approximate surface area is 107 Å². The highest BCUT2D eigenvalue weighted by Crippen LogP contribution is 2.11. The molecule has 0 aliphatic carbocycles. The van der Waals surface area contributed by atoms with Crippen molar-refractivity contribution >= 4 is 17.2 Å². The fourth-order valence-electron chi connectivity index (χ4n) is 2.25. The van der Waals surface area contributed by atoms with Gasteiger partial charge in [0.15, 0.2) is 0 Å². The maximum Gasteiger partial charge on any atom is 0.219 e. The van der Waals surface area contributed by atoms with Gasteiger partial charge in [0.1, 0.15) is 0 Å². The van der Waals surface area contributed by atoms with Crippen molar-refractivity contribution in [2.75, 3.05) is 19.6 Å². The molecule has 0 bridgehead atoms. The van der Waals surface area contributed by atoms with Gasteiger partial charge in [-0.2, -0.15) is 0 Å². The number of hydrogen-bond acceptors (Lipinski definition) is 3. The van der Waals surface area contributed by atoms with Crippen molar-refractivity contribution in [2.24, 2.45) is 0 Å². The molecule has 2 rings (SSSR count). The Morgan fingerprint density at radius 2 is 2.29 bits per heavy atom. The largest absolute Gasteiger partial charge is 0.343 e. The predicted molar refractivity (Wildman–Crippen MR) is 71.3 cm³/mol. The minimum Gasteiger partial charge on any atom is -0.343 e. The molecule has 1 aromatic rings. The molecule has 1 aliphatic heterocycles. The lowest BCUT2D eigenvalue weighted by Gasteiger charge is -2.31. The van der Waals surface area contributed by atoms with Gasteiger partial charge in [-0.25, -0.2) is 0 Å². The van der Waals surface area contributed by atoms with Gasteiger partial charge in [-0.1, -0.05) is 6.07 Å². The van der Waals surface area contributed by atoms with Crippen LogP contribution in [0.4, 0.5) is 0 Å². The van der Waals surface area contributed by atoms with E-state index in [0.29, 0.717) is 6.04 Å². The summed E-state index contributed by atoms with van der Waals surface area (Å²) in [5.74, 6) is 0.210. The van der Waals surface area contributed by atoms with Crippen LogP contribution in [0.1, 0.15) is 24.6 Å². The summed E-state index contributed by atoms with van der Waals surface area (Å²) in [5, 5.41) is 5.71. The predicted octanol–water partition coefficient (Wildman–Crippen LogP) is 1.89. The first-order valence-electron chi connectivity index (χ1n) is 6.27. The lowest BCUT2D eigenvalue weighted by atomic mass is 10.0. The zero-order chi connectivity index (χ0) is 12.1. The molecule has 1 aliphatic rings. The summed E-state index contributed by atoms with van der Waals surface area (Å²) in [6.45, 7) is 4.52. The Balaban J connectivity index is 1.63. The Kier molecular flexibility index (Phi) is 4.57. The zero-order valence-electron chi connectivity index (χ0n) is 10.3. The van der Waals surface area contributed by atoms with Crippen LogP contribution in [0.15, 0.2) is 17.5 Å². The van der Waals surface area contributed by atoms with E-state index in [2.05, 4.69) is 22.8 Å². The van der Waals surface area contributed by atoms with Gasteiger partial charge < -0.3 is 10.2 Å². The molecule has 0 aromatic carbocycles. The first-order valence-corrected chi connectivity index (χ1v) is 7.15. The Bertz CT molecular complexity index is 342. The zero-order valence-corrected chi connectivity index (χ0v) is 11.1. The molecule has 1 fully saturated rings. The smallest absolute Gasteiger partial charge is 0.219 e. The topological polar surface area (TPSA) is 32.3 Å². The molecule has 2 heterocycles. The summed E-state index contributed by atoms with van der Waals surface area (Å²) >= 11 is 1.82. The molecule has 0 unspecified atom stereocenters. The van der Waals surface area contributed by atoms with E-state index < -0.39 is 0 Å². The van der Waals surface area contributed by atoms with E-state index in [1.807, 2.05) is 16.2 Å². The van der Waals surface area contributed by atoms with E-state index in [1.54, 1.807) is 6.92 Å². The average Bonchev–Trinajstić information content (AvgIpc) is 2.83. The van der Waals surface area contributed by atoms with Crippen LogP contribution in [-0.4, -0.2) is 36.5 Å². The average molecular weight is 252 g/mol. The summed E-state index contributed by atoms with van der Waals surface area (Å²) in [6, 6.07) is 4.88. The quantitative estimate of drug-likeness (QED) is 0.887. The maximum absolute atomic E-state index is 11.2. The van der Waals surface area contributed by atoms with Crippen molar-refractivity contribution in [2.45, 2.75) is 32.2 Å². The third kappa shape index (κ3) is 3.82. The van der Waals surface area contributed by atoms with Gasteiger partial charge in [-0.3, -0.25) is 4.79 Å². The van der Waals surface area contributed by atoms with E-state index in [9.17, 15) is 4.79 Å².